The van der Waals surface area contributed by atoms with Gasteiger partial charge in [0.1, 0.15) is 6.07 Å². The van der Waals surface area contributed by atoms with Crippen LogP contribution in [-0.4, -0.2) is 20.5 Å². The molecular weight excluding hydrogens is 389 g/mol. The van der Waals surface area contributed by atoms with Crippen LogP contribution in [0.4, 0.5) is 0 Å². The van der Waals surface area contributed by atoms with Crippen LogP contribution >= 0.6 is 0 Å². The summed E-state index contributed by atoms with van der Waals surface area (Å²) in [7, 11) is 0. The minimum absolute atomic E-state index is 0. The number of rotatable bonds is 3. The van der Waals surface area contributed by atoms with Crippen molar-refractivity contribution in [1.29, 1.82) is 5.26 Å². The Morgan fingerprint density at radius 1 is 1.25 bits per heavy atom. The summed E-state index contributed by atoms with van der Waals surface area (Å²) < 4.78 is 1.77. The Morgan fingerprint density at radius 2 is 2.03 bits per heavy atom. The Morgan fingerprint density at radius 3 is 2.75 bits per heavy atom. The Hall–Kier alpha value is -0.743. The number of hydrogen-bond donors (Lipinski definition) is 1. The predicted octanol–water partition coefficient (Wildman–Crippen LogP) is 2.62. The van der Waals surface area contributed by atoms with Crippen LogP contribution in [0.1, 0.15) is 84.6 Å². The van der Waals surface area contributed by atoms with Gasteiger partial charge >= 0.3 is 18.9 Å². The molecule has 0 amide bonds. The maximum atomic E-state index is 11.7. The summed E-state index contributed by atoms with van der Waals surface area (Å²) in [6.07, 6.45) is 13.9. The number of nitrogens with zero attached hydrogens (tertiary/aromatic N) is 3. The number of hydrogen-bond acceptors (Lipinski definition) is 3. The molecule has 9 atom stereocenters. The minimum Gasteiger partial charge on any atom is -0.388 e. The topological polar surface area (TPSA) is 61.8 Å². The summed E-state index contributed by atoms with van der Waals surface area (Å²) in [5.41, 5.74) is -0.00588. The molecule has 4 nitrogen and oxygen atoms in total. The fourth-order valence-electron chi connectivity index (χ4n) is 8.88. The van der Waals surface area contributed by atoms with E-state index in [2.05, 4.69) is 31.9 Å². The monoisotopic (exact) mass is 429 g/mol. The third-order valence-electron chi connectivity index (χ3n) is 10.5. The SMILES string of the molecule is C[C@@H]1C[C-]2CC[C@@H]3C(CC[C@@]4(C)C3CC[C@@H]4[C@@](C)(O)Cn3cc(C#N)cn3)[C@H]2C[C@H]1C.[Li+]. The maximum Gasteiger partial charge on any atom is 1.00 e. The van der Waals surface area contributed by atoms with Crippen LogP contribution in [0.25, 0.3) is 0 Å². The fraction of sp³-hybridized carbons (Fsp3) is 0.815. The number of nitriles is 1. The first-order chi connectivity index (χ1) is 14.7. The van der Waals surface area contributed by atoms with Crippen LogP contribution in [-0.2, 0) is 6.54 Å². The van der Waals surface area contributed by atoms with Crippen molar-refractivity contribution >= 4 is 0 Å². The molecular formula is C27H40LiN3O. The van der Waals surface area contributed by atoms with Crippen molar-refractivity contribution in [3.05, 3.63) is 23.9 Å². The van der Waals surface area contributed by atoms with E-state index in [-0.39, 0.29) is 24.3 Å². The van der Waals surface area contributed by atoms with Gasteiger partial charge in [-0.1, -0.05) is 51.9 Å². The first kappa shape index (κ1) is 24.4. The van der Waals surface area contributed by atoms with E-state index >= 15 is 0 Å². The summed E-state index contributed by atoms with van der Waals surface area (Å²) >= 11 is 0. The average molecular weight is 430 g/mol. The molecule has 170 valence electrons. The molecule has 5 rings (SSSR count). The van der Waals surface area contributed by atoms with Gasteiger partial charge in [0.25, 0.3) is 0 Å². The van der Waals surface area contributed by atoms with Crippen LogP contribution in [0.2, 0.25) is 0 Å². The first-order valence-corrected chi connectivity index (χ1v) is 12.7. The van der Waals surface area contributed by atoms with E-state index in [4.69, 9.17) is 5.26 Å². The standard InChI is InChI=1S/C27H40N3O.Li/c1-17-11-20-5-6-22-21(23(20)12-18(17)2)9-10-26(3)24(22)7-8-25(26)27(4,31)16-30-15-19(13-28)14-29-30;/h14-15,17-18,21-25,31H,5-12,16H2,1-4H3;/q-1;+1/t17-,18-,21?,22-,23+,24?,25+,26+,27+;/m1./s1. The smallest absolute Gasteiger partial charge is 0.388 e. The molecule has 1 heterocycles. The Labute approximate surface area is 206 Å². The number of fused-ring (bicyclic) bond motifs is 5. The second kappa shape index (κ2) is 8.80. The van der Waals surface area contributed by atoms with Gasteiger partial charge in [0.05, 0.1) is 23.9 Å². The molecule has 1 aromatic heterocycles. The quantitative estimate of drug-likeness (QED) is 0.594. The molecule has 1 N–H and O–H groups in total. The van der Waals surface area contributed by atoms with Crippen LogP contribution in [0, 0.1) is 64.1 Å². The van der Waals surface area contributed by atoms with Crippen LogP contribution < -0.4 is 18.9 Å². The maximum absolute atomic E-state index is 11.7. The van der Waals surface area contributed by atoms with Crippen LogP contribution in [0.3, 0.4) is 0 Å². The van der Waals surface area contributed by atoms with Crippen molar-refractivity contribution in [3.8, 4) is 6.07 Å². The zero-order chi connectivity index (χ0) is 22.0. The third-order valence-corrected chi connectivity index (χ3v) is 10.5. The minimum atomic E-state index is -0.796. The van der Waals surface area contributed by atoms with E-state index in [0.717, 1.165) is 41.9 Å². The molecule has 5 heteroatoms. The second-order valence-corrected chi connectivity index (χ2v) is 12.2. The van der Waals surface area contributed by atoms with Crippen molar-refractivity contribution in [3.63, 3.8) is 0 Å². The Bertz CT molecular complexity index is 859. The largest absolute Gasteiger partial charge is 1.00 e. The molecule has 2 unspecified atom stereocenters. The molecule has 4 fully saturated rings. The van der Waals surface area contributed by atoms with E-state index in [1.165, 1.54) is 44.9 Å². The first-order valence-electron chi connectivity index (χ1n) is 12.7. The summed E-state index contributed by atoms with van der Waals surface area (Å²) in [4.78, 5) is 0. The van der Waals surface area contributed by atoms with Gasteiger partial charge in [-0.3, -0.25) is 4.68 Å². The summed E-state index contributed by atoms with van der Waals surface area (Å²) in [5, 5.41) is 25.1. The second-order valence-electron chi connectivity index (χ2n) is 12.2. The van der Waals surface area contributed by atoms with Crippen molar-refractivity contribution in [1.82, 2.24) is 9.78 Å². The van der Waals surface area contributed by atoms with Gasteiger partial charge < -0.3 is 11.0 Å². The average Bonchev–Trinajstić information content (AvgIpc) is 3.32. The van der Waals surface area contributed by atoms with Crippen molar-refractivity contribution in [2.75, 3.05) is 0 Å². The number of aliphatic hydroxyl groups is 1. The van der Waals surface area contributed by atoms with Gasteiger partial charge in [-0.15, -0.1) is 0 Å². The van der Waals surface area contributed by atoms with Gasteiger partial charge in [-0.2, -0.15) is 29.1 Å². The zero-order valence-electron chi connectivity index (χ0n) is 20.8. The van der Waals surface area contributed by atoms with E-state index in [1.807, 2.05) is 12.8 Å². The van der Waals surface area contributed by atoms with Crippen molar-refractivity contribution in [2.45, 2.75) is 91.2 Å². The van der Waals surface area contributed by atoms with Crippen molar-refractivity contribution < 1.29 is 24.0 Å². The van der Waals surface area contributed by atoms with E-state index < -0.39 is 5.60 Å². The molecule has 32 heavy (non-hydrogen) atoms. The summed E-state index contributed by atoms with van der Waals surface area (Å²) in [5.74, 6) is 7.32. The molecule has 0 aromatic carbocycles. The van der Waals surface area contributed by atoms with E-state index in [0.29, 0.717) is 18.0 Å². The van der Waals surface area contributed by atoms with E-state index in [9.17, 15) is 5.11 Å². The fourth-order valence-corrected chi connectivity index (χ4v) is 8.88. The van der Waals surface area contributed by atoms with Gasteiger partial charge in [0, 0.05) is 6.20 Å². The molecule has 4 aliphatic rings. The summed E-state index contributed by atoms with van der Waals surface area (Å²) in [6.45, 7) is 9.93. The molecule has 0 radical (unpaired) electrons. The normalized spacial score (nSPS) is 43.2. The molecule has 4 saturated carbocycles. The van der Waals surface area contributed by atoms with Crippen LogP contribution in [0.5, 0.6) is 0 Å². The number of aromatic nitrogens is 2. The van der Waals surface area contributed by atoms with Crippen molar-refractivity contribution in [2.24, 2.45) is 46.8 Å². The molecule has 0 bridgehead atoms. The Kier molecular flexibility index (Phi) is 6.70. The van der Waals surface area contributed by atoms with Gasteiger partial charge in [0.2, 0.25) is 0 Å². The molecule has 0 saturated heterocycles. The molecule has 0 aliphatic heterocycles. The van der Waals surface area contributed by atoms with E-state index in [1.54, 1.807) is 17.1 Å². The van der Waals surface area contributed by atoms with Crippen LogP contribution in [0.15, 0.2) is 12.4 Å². The summed E-state index contributed by atoms with van der Waals surface area (Å²) in [6, 6.07) is 2.15. The third kappa shape index (κ3) is 3.91. The van der Waals surface area contributed by atoms with Gasteiger partial charge in [0.15, 0.2) is 0 Å². The molecule has 1 aromatic rings. The predicted molar refractivity (Wildman–Crippen MR) is 122 cm³/mol. The van der Waals surface area contributed by atoms with Gasteiger partial charge in [-0.25, -0.2) is 0 Å². The molecule has 0 spiro atoms. The molecule has 4 aliphatic carbocycles. The zero-order valence-corrected chi connectivity index (χ0v) is 20.8. The Balaban J connectivity index is 0.00000245. The van der Waals surface area contributed by atoms with Gasteiger partial charge in [-0.05, 0) is 55.3 Å².